The van der Waals surface area contributed by atoms with E-state index in [0.717, 1.165) is 23.4 Å². The number of aliphatic hydroxyl groups excluding tert-OH is 2. The fraction of sp³-hybridized carbons (Fsp3) is 0.294. The maximum Gasteiger partial charge on any atom is 0.0964 e. The van der Waals surface area contributed by atoms with Crippen molar-refractivity contribution in [2.45, 2.75) is 18.6 Å². The number of para-hydroxylation sites is 1. The topological polar surface area (TPSA) is 43.7 Å². The van der Waals surface area contributed by atoms with Gasteiger partial charge in [-0.15, -0.1) is 0 Å². The molecule has 104 valence electrons. The van der Waals surface area contributed by atoms with Crippen LogP contribution in [0.15, 0.2) is 54.6 Å². The van der Waals surface area contributed by atoms with Crippen LogP contribution in [0.1, 0.15) is 29.8 Å². The highest BCUT2D eigenvalue weighted by Gasteiger charge is 2.24. The summed E-state index contributed by atoms with van der Waals surface area (Å²) in [6, 6.07) is 17.6. The van der Waals surface area contributed by atoms with Crippen LogP contribution in [0.3, 0.4) is 0 Å². The first-order valence-corrected chi connectivity index (χ1v) is 7.00. The first kappa shape index (κ1) is 13.2. The Bertz CT molecular complexity index is 570. The Morgan fingerprint density at radius 3 is 2.55 bits per heavy atom. The average molecular weight is 269 g/mol. The highest BCUT2D eigenvalue weighted by Crippen LogP contribution is 2.34. The minimum Gasteiger partial charge on any atom is -0.388 e. The summed E-state index contributed by atoms with van der Waals surface area (Å²) in [5, 5.41) is 20.4. The van der Waals surface area contributed by atoms with E-state index in [1.807, 2.05) is 54.6 Å². The number of fused-ring (bicyclic) bond motifs is 1. The molecule has 1 heterocycles. The van der Waals surface area contributed by atoms with E-state index in [9.17, 15) is 10.2 Å². The molecule has 0 aliphatic carbocycles. The summed E-state index contributed by atoms with van der Waals surface area (Å²) in [4.78, 5) is 2.15. The monoisotopic (exact) mass is 269 g/mol. The first-order valence-electron chi connectivity index (χ1n) is 7.00. The van der Waals surface area contributed by atoms with Crippen LogP contribution < -0.4 is 4.90 Å². The fourth-order valence-electron chi connectivity index (χ4n) is 2.79. The minimum atomic E-state index is -0.514. The van der Waals surface area contributed by atoms with Crippen molar-refractivity contribution in [1.29, 1.82) is 0 Å². The van der Waals surface area contributed by atoms with Crippen LogP contribution in [0.25, 0.3) is 0 Å². The van der Waals surface area contributed by atoms with Gasteiger partial charge in [0.2, 0.25) is 0 Å². The van der Waals surface area contributed by atoms with Gasteiger partial charge in [0, 0.05) is 24.3 Å². The van der Waals surface area contributed by atoms with Crippen molar-refractivity contribution in [3.63, 3.8) is 0 Å². The molecule has 3 nitrogen and oxygen atoms in total. The molecule has 0 bridgehead atoms. The van der Waals surface area contributed by atoms with Gasteiger partial charge < -0.3 is 15.1 Å². The lowest BCUT2D eigenvalue weighted by molar-refractivity contribution is 0.154. The van der Waals surface area contributed by atoms with Crippen LogP contribution in [0.4, 0.5) is 5.69 Å². The van der Waals surface area contributed by atoms with Gasteiger partial charge in [-0.2, -0.15) is 0 Å². The van der Waals surface area contributed by atoms with Gasteiger partial charge in [-0.25, -0.2) is 0 Å². The van der Waals surface area contributed by atoms with Crippen molar-refractivity contribution in [2.24, 2.45) is 0 Å². The van der Waals surface area contributed by atoms with Crippen LogP contribution in [-0.2, 0) is 0 Å². The van der Waals surface area contributed by atoms with Gasteiger partial charge in [0.1, 0.15) is 0 Å². The maximum absolute atomic E-state index is 10.4. The maximum atomic E-state index is 10.4. The van der Waals surface area contributed by atoms with Crippen molar-refractivity contribution >= 4 is 5.69 Å². The van der Waals surface area contributed by atoms with E-state index in [-0.39, 0.29) is 0 Å². The molecule has 2 unspecified atom stereocenters. The third-order valence-corrected chi connectivity index (χ3v) is 3.89. The lowest BCUT2D eigenvalue weighted by atomic mass is 9.98. The van der Waals surface area contributed by atoms with E-state index in [1.54, 1.807) is 0 Å². The zero-order chi connectivity index (χ0) is 13.9. The predicted molar refractivity (Wildman–Crippen MR) is 79.6 cm³/mol. The second-order valence-corrected chi connectivity index (χ2v) is 5.24. The molecule has 0 saturated carbocycles. The van der Waals surface area contributed by atoms with E-state index < -0.39 is 12.2 Å². The molecule has 0 spiro atoms. The molecule has 2 aromatic carbocycles. The second-order valence-electron chi connectivity index (χ2n) is 5.24. The number of nitrogens with zero attached hydrogens (tertiary/aromatic N) is 1. The lowest BCUT2D eigenvalue weighted by Gasteiger charge is -2.35. The largest absolute Gasteiger partial charge is 0.388 e. The molecule has 0 radical (unpaired) electrons. The highest BCUT2D eigenvalue weighted by molar-refractivity contribution is 5.56. The zero-order valence-corrected chi connectivity index (χ0v) is 11.3. The van der Waals surface area contributed by atoms with Crippen LogP contribution in [0.2, 0.25) is 0 Å². The number of benzene rings is 2. The van der Waals surface area contributed by atoms with Gasteiger partial charge in [0.05, 0.1) is 12.2 Å². The summed E-state index contributed by atoms with van der Waals surface area (Å²) >= 11 is 0. The molecule has 2 N–H and O–H groups in total. The zero-order valence-electron chi connectivity index (χ0n) is 11.3. The molecule has 0 aromatic heterocycles. The van der Waals surface area contributed by atoms with E-state index in [4.69, 9.17) is 0 Å². The summed E-state index contributed by atoms with van der Waals surface area (Å²) in [5.74, 6) is 0. The summed E-state index contributed by atoms with van der Waals surface area (Å²) in [7, 11) is 0. The number of hydrogen-bond acceptors (Lipinski definition) is 3. The molecular formula is C17H19NO2. The van der Waals surface area contributed by atoms with Crippen molar-refractivity contribution in [3.05, 3.63) is 65.7 Å². The first-order chi connectivity index (χ1) is 9.75. The minimum absolute atomic E-state index is 0.392. The molecule has 1 aliphatic rings. The Kier molecular flexibility index (Phi) is 3.72. The molecule has 3 rings (SSSR count). The van der Waals surface area contributed by atoms with Crippen LogP contribution in [0, 0.1) is 0 Å². The normalized spacial score (nSPS) is 19.5. The smallest absolute Gasteiger partial charge is 0.0964 e. The molecule has 0 fully saturated rings. The molecular weight excluding hydrogens is 250 g/mol. The molecule has 20 heavy (non-hydrogen) atoms. The summed E-state index contributed by atoms with van der Waals surface area (Å²) in [6.07, 6.45) is -0.200. The number of rotatable bonds is 3. The van der Waals surface area contributed by atoms with Gasteiger partial charge in [0.15, 0.2) is 0 Å². The lowest BCUT2D eigenvalue weighted by Crippen LogP contribution is -2.34. The van der Waals surface area contributed by atoms with Crippen molar-refractivity contribution in [1.82, 2.24) is 0 Å². The Balaban J connectivity index is 1.81. The summed E-state index contributed by atoms with van der Waals surface area (Å²) in [6.45, 7) is 1.32. The van der Waals surface area contributed by atoms with Crippen LogP contribution >= 0.6 is 0 Å². The van der Waals surface area contributed by atoms with Crippen molar-refractivity contribution in [2.75, 3.05) is 18.0 Å². The average Bonchev–Trinajstić information content (AvgIpc) is 2.51. The molecule has 3 heteroatoms. The van der Waals surface area contributed by atoms with Gasteiger partial charge in [-0.05, 0) is 18.1 Å². The van der Waals surface area contributed by atoms with Gasteiger partial charge in [-0.1, -0.05) is 48.5 Å². The summed E-state index contributed by atoms with van der Waals surface area (Å²) in [5.41, 5.74) is 2.91. The molecule has 2 atom stereocenters. The third-order valence-electron chi connectivity index (χ3n) is 3.89. The number of hydrogen-bond donors (Lipinski definition) is 2. The van der Waals surface area contributed by atoms with Gasteiger partial charge >= 0.3 is 0 Å². The Morgan fingerprint density at radius 1 is 1.05 bits per heavy atom. The second kappa shape index (κ2) is 5.65. The van der Waals surface area contributed by atoms with E-state index in [1.165, 1.54) is 0 Å². The van der Waals surface area contributed by atoms with E-state index in [2.05, 4.69) is 4.90 Å². The predicted octanol–water partition coefficient (Wildman–Crippen LogP) is 2.66. The van der Waals surface area contributed by atoms with Crippen LogP contribution in [0.5, 0.6) is 0 Å². The quantitative estimate of drug-likeness (QED) is 0.900. The van der Waals surface area contributed by atoms with E-state index in [0.29, 0.717) is 13.0 Å². The fourth-order valence-corrected chi connectivity index (χ4v) is 2.79. The molecule has 1 aliphatic heterocycles. The summed E-state index contributed by atoms with van der Waals surface area (Å²) < 4.78 is 0. The Labute approximate surface area is 119 Å². The molecule has 2 aromatic rings. The standard InChI is InChI=1S/C17H19NO2/c19-16-10-11-18(15-9-5-4-8-14(15)16)12-17(20)13-6-2-1-3-7-13/h1-9,16-17,19-20H,10-12H2. The van der Waals surface area contributed by atoms with Gasteiger partial charge in [0.25, 0.3) is 0 Å². The number of anilines is 1. The number of β-amino-alcohol motifs (C(OH)–C–C–N with tert-alkyl or cyclic N) is 1. The van der Waals surface area contributed by atoms with Crippen LogP contribution in [-0.4, -0.2) is 23.3 Å². The Morgan fingerprint density at radius 2 is 1.75 bits per heavy atom. The molecule has 0 amide bonds. The highest BCUT2D eigenvalue weighted by atomic mass is 16.3. The van der Waals surface area contributed by atoms with Crippen molar-refractivity contribution < 1.29 is 10.2 Å². The van der Waals surface area contributed by atoms with Crippen molar-refractivity contribution in [3.8, 4) is 0 Å². The van der Waals surface area contributed by atoms with E-state index >= 15 is 0 Å². The number of aliphatic hydroxyl groups is 2. The molecule has 0 saturated heterocycles. The SMILES string of the molecule is OC(CN1CCC(O)c2ccccc21)c1ccccc1. The van der Waals surface area contributed by atoms with Gasteiger partial charge in [-0.3, -0.25) is 0 Å². The Hall–Kier alpha value is -1.84. The third kappa shape index (κ3) is 2.55.